The normalized spacial score (nSPS) is 10.7. The van der Waals surface area contributed by atoms with Crippen molar-refractivity contribution in [3.05, 3.63) is 39.9 Å². The van der Waals surface area contributed by atoms with Gasteiger partial charge in [-0.25, -0.2) is 0 Å². The Balaban J connectivity index is 2.75. The Labute approximate surface area is 134 Å². The van der Waals surface area contributed by atoms with E-state index in [4.69, 9.17) is 27.9 Å². The molecular weight excluding hydrogens is 313 g/mol. The maximum absolute atomic E-state index is 12.0. The SMILES string of the molecule is CCOC(=O)CN(CC)C(=O)/C=C/c1cc(Cl)ccc1Cl. The lowest BCUT2D eigenvalue weighted by molar-refractivity contribution is -0.147. The lowest BCUT2D eigenvalue weighted by Crippen LogP contribution is -2.35. The van der Waals surface area contributed by atoms with E-state index in [1.165, 1.54) is 11.0 Å². The molecule has 0 aromatic heterocycles. The van der Waals surface area contributed by atoms with Crippen molar-refractivity contribution in [2.75, 3.05) is 19.7 Å². The molecule has 1 aromatic rings. The number of rotatable bonds is 6. The van der Waals surface area contributed by atoms with E-state index in [1.807, 2.05) is 0 Å². The Morgan fingerprint density at radius 3 is 2.62 bits per heavy atom. The molecule has 0 fully saturated rings. The Kier molecular flexibility index (Phi) is 7.26. The molecule has 4 nitrogen and oxygen atoms in total. The number of benzene rings is 1. The van der Waals surface area contributed by atoms with E-state index in [0.717, 1.165) is 0 Å². The lowest BCUT2D eigenvalue weighted by atomic mass is 10.2. The number of halogens is 2. The van der Waals surface area contributed by atoms with Crippen LogP contribution in [0.5, 0.6) is 0 Å². The van der Waals surface area contributed by atoms with Crippen LogP contribution >= 0.6 is 23.2 Å². The molecule has 0 bridgehead atoms. The first-order valence-corrected chi connectivity index (χ1v) is 7.31. The van der Waals surface area contributed by atoms with Gasteiger partial charge in [0.1, 0.15) is 6.54 Å². The number of ether oxygens (including phenoxy) is 1. The van der Waals surface area contributed by atoms with Crippen molar-refractivity contribution < 1.29 is 14.3 Å². The molecule has 0 aliphatic rings. The topological polar surface area (TPSA) is 46.6 Å². The first-order valence-electron chi connectivity index (χ1n) is 6.55. The van der Waals surface area contributed by atoms with Crippen LogP contribution in [0.15, 0.2) is 24.3 Å². The van der Waals surface area contributed by atoms with Crippen LogP contribution in [0, 0.1) is 0 Å². The zero-order valence-electron chi connectivity index (χ0n) is 11.9. The molecule has 0 aliphatic heterocycles. The molecule has 0 N–H and O–H groups in total. The van der Waals surface area contributed by atoms with Crippen molar-refractivity contribution in [1.29, 1.82) is 0 Å². The van der Waals surface area contributed by atoms with E-state index in [0.29, 0.717) is 28.8 Å². The Hall–Kier alpha value is -1.52. The van der Waals surface area contributed by atoms with E-state index in [2.05, 4.69) is 0 Å². The molecule has 0 saturated carbocycles. The van der Waals surface area contributed by atoms with Gasteiger partial charge in [-0.1, -0.05) is 23.2 Å². The zero-order chi connectivity index (χ0) is 15.8. The van der Waals surface area contributed by atoms with E-state index in [9.17, 15) is 9.59 Å². The third-order valence-electron chi connectivity index (χ3n) is 2.68. The van der Waals surface area contributed by atoms with E-state index >= 15 is 0 Å². The van der Waals surface area contributed by atoms with Crippen LogP contribution in [0.3, 0.4) is 0 Å². The van der Waals surface area contributed by atoms with Gasteiger partial charge in [-0.05, 0) is 43.7 Å². The van der Waals surface area contributed by atoms with Crippen molar-refractivity contribution in [2.24, 2.45) is 0 Å². The average Bonchev–Trinajstić information content (AvgIpc) is 2.45. The van der Waals surface area contributed by atoms with Gasteiger partial charge in [-0.2, -0.15) is 0 Å². The lowest BCUT2D eigenvalue weighted by Gasteiger charge is -2.17. The number of hydrogen-bond donors (Lipinski definition) is 0. The quantitative estimate of drug-likeness (QED) is 0.593. The molecule has 0 spiro atoms. The molecule has 0 heterocycles. The second-order valence-corrected chi connectivity index (χ2v) is 5.00. The molecule has 0 unspecified atom stereocenters. The summed E-state index contributed by atoms with van der Waals surface area (Å²) in [7, 11) is 0. The van der Waals surface area contributed by atoms with Crippen molar-refractivity contribution >= 4 is 41.2 Å². The van der Waals surface area contributed by atoms with Gasteiger partial charge in [-0.3, -0.25) is 9.59 Å². The van der Waals surface area contributed by atoms with Crippen LogP contribution in [0.1, 0.15) is 19.4 Å². The molecule has 1 rings (SSSR count). The van der Waals surface area contributed by atoms with Crippen LogP contribution in [0.4, 0.5) is 0 Å². The maximum Gasteiger partial charge on any atom is 0.325 e. The summed E-state index contributed by atoms with van der Waals surface area (Å²) in [6.45, 7) is 4.13. The highest BCUT2D eigenvalue weighted by atomic mass is 35.5. The summed E-state index contributed by atoms with van der Waals surface area (Å²) in [6, 6.07) is 4.99. The van der Waals surface area contributed by atoms with Crippen molar-refractivity contribution in [2.45, 2.75) is 13.8 Å². The predicted octanol–water partition coefficient (Wildman–Crippen LogP) is 3.42. The summed E-state index contributed by atoms with van der Waals surface area (Å²) >= 11 is 11.9. The number of amides is 1. The summed E-state index contributed by atoms with van der Waals surface area (Å²) in [5.41, 5.74) is 0.643. The summed E-state index contributed by atoms with van der Waals surface area (Å²) in [5.74, 6) is -0.719. The number of hydrogen-bond acceptors (Lipinski definition) is 3. The fraction of sp³-hybridized carbons (Fsp3) is 0.333. The summed E-state index contributed by atoms with van der Waals surface area (Å²) in [4.78, 5) is 24.8. The zero-order valence-corrected chi connectivity index (χ0v) is 13.4. The molecule has 114 valence electrons. The molecule has 6 heteroatoms. The van der Waals surface area contributed by atoms with Crippen molar-refractivity contribution in [3.63, 3.8) is 0 Å². The predicted molar refractivity (Wildman–Crippen MR) is 84.4 cm³/mol. The van der Waals surface area contributed by atoms with Gasteiger partial charge in [0.15, 0.2) is 0 Å². The van der Waals surface area contributed by atoms with Crippen LogP contribution in [0.2, 0.25) is 10.0 Å². The molecular formula is C15H17Cl2NO3. The van der Waals surface area contributed by atoms with Crippen LogP contribution < -0.4 is 0 Å². The summed E-state index contributed by atoms with van der Waals surface area (Å²) in [6.07, 6.45) is 2.94. The van der Waals surface area contributed by atoms with E-state index < -0.39 is 5.97 Å². The minimum atomic E-state index is -0.429. The van der Waals surface area contributed by atoms with E-state index in [1.54, 1.807) is 38.1 Å². The molecule has 0 aliphatic carbocycles. The van der Waals surface area contributed by atoms with Crippen molar-refractivity contribution in [1.82, 2.24) is 4.90 Å². The minimum absolute atomic E-state index is 0.0726. The summed E-state index contributed by atoms with van der Waals surface area (Å²) in [5, 5.41) is 1.03. The van der Waals surface area contributed by atoms with E-state index in [-0.39, 0.29) is 12.5 Å². The van der Waals surface area contributed by atoms with Gasteiger partial charge in [0.05, 0.1) is 6.61 Å². The third-order valence-corrected chi connectivity index (χ3v) is 3.26. The first-order chi connectivity index (χ1) is 9.97. The second kappa shape index (κ2) is 8.70. The van der Waals surface area contributed by atoms with Crippen LogP contribution in [0.25, 0.3) is 6.08 Å². The third kappa shape index (κ3) is 5.78. The molecule has 1 aromatic carbocycles. The highest BCUT2D eigenvalue weighted by molar-refractivity contribution is 6.34. The van der Waals surface area contributed by atoms with Gasteiger partial charge in [0.25, 0.3) is 0 Å². The molecule has 0 atom stereocenters. The highest BCUT2D eigenvalue weighted by Crippen LogP contribution is 2.21. The van der Waals surface area contributed by atoms with Crippen LogP contribution in [-0.2, 0) is 14.3 Å². The standard InChI is InChI=1S/C15H17Cl2NO3/c1-3-18(10-15(20)21-4-2)14(19)8-5-11-9-12(16)6-7-13(11)17/h5-9H,3-4,10H2,1-2H3/b8-5+. The molecule has 1 amide bonds. The highest BCUT2D eigenvalue weighted by Gasteiger charge is 2.13. The number of esters is 1. The summed E-state index contributed by atoms with van der Waals surface area (Å²) < 4.78 is 4.83. The van der Waals surface area contributed by atoms with Gasteiger partial charge >= 0.3 is 5.97 Å². The fourth-order valence-corrected chi connectivity index (χ4v) is 1.98. The maximum atomic E-state index is 12.0. The Morgan fingerprint density at radius 1 is 1.29 bits per heavy atom. The smallest absolute Gasteiger partial charge is 0.325 e. The Morgan fingerprint density at radius 2 is 2.00 bits per heavy atom. The number of carbonyl (C=O) groups excluding carboxylic acids is 2. The second-order valence-electron chi connectivity index (χ2n) is 4.16. The minimum Gasteiger partial charge on any atom is -0.465 e. The average molecular weight is 330 g/mol. The monoisotopic (exact) mass is 329 g/mol. The largest absolute Gasteiger partial charge is 0.465 e. The van der Waals surface area contributed by atoms with Gasteiger partial charge < -0.3 is 9.64 Å². The first kappa shape index (κ1) is 17.5. The van der Waals surface area contributed by atoms with Crippen LogP contribution in [-0.4, -0.2) is 36.5 Å². The van der Waals surface area contributed by atoms with Crippen molar-refractivity contribution in [3.8, 4) is 0 Å². The number of likely N-dealkylation sites (N-methyl/N-ethyl adjacent to an activating group) is 1. The molecule has 0 saturated heterocycles. The number of carbonyl (C=O) groups is 2. The molecule has 0 radical (unpaired) electrons. The number of nitrogens with zero attached hydrogens (tertiary/aromatic N) is 1. The fourth-order valence-electron chi connectivity index (χ4n) is 1.62. The van der Waals surface area contributed by atoms with Gasteiger partial charge in [0, 0.05) is 22.7 Å². The van der Waals surface area contributed by atoms with Gasteiger partial charge in [-0.15, -0.1) is 0 Å². The Bertz CT molecular complexity index is 544. The van der Waals surface area contributed by atoms with Gasteiger partial charge in [0.2, 0.25) is 5.91 Å². The molecule has 21 heavy (non-hydrogen) atoms.